The van der Waals surface area contributed by atoms with Gasteiger partial charge in [0.2, 0.25) is 0 Å². The van der Waals surface area contributed by atoms with Crippen LogP contribution in [0.2, 0.25) is 0 Å². The number of anilines is 1. The van der Waals surface area contributed by atoms with Gasteiger partial charge in [0.05, 0.1) is 41.5 Å². The summed E-state index contributed by atoms with van der Waals surface area (Å²) >= 11 is 0. The Balaban J connectivity index is 1.52. The summed E-state index contributed by atoms with van der Waals surface area (Å²) in [6, 6.07) is 10.6. The van der Waals surface area contributed by atoms with Crippen LogP contribution in [0.5, 0.6) is 5.75 Å². The first-order valence-corrected chi connectivity index (χ1v) is 10.7. The second kappa shape index (κ2) is 8.72. The number of halogens is 1. The zero-order valence-corrected chi connectivity index (χ0v) is 17.9. The van der Waals surface area contributed by atoms with E-state index in [-0.39, 0.29) is 11.9 Å². The summed E-state index contributed by atoms with van der Waals surface area (Å²) in [5.74, 6) is 0.437. The summed E-state index contributed by atoms with van der Waals surface area (Å²) in [6.45, 7) is 2.34. The van der Waals surface area contributed by atoms with Crippen LogP contribution in [0.3, 0.4) is 0 Å². The van der Waals surface area contributed by atoms with Crippen LogP contribution < -0.4 is 9.64 Å². The normalized spacial score (nSPS) is 15.0. The summed E-state index contributed by atoms with van der Waals surface area (Å²) < 4.78 is 27.0. The Morgan fingerprint density at radius 2 is 1.97 bits per heavy atom. The number of piperidine rings is 1. The monoisotopic (exact) mass is 436 g/mol. The molecule has 0 radical (unpaired) electrons. The van der Waals surface area contributed by atoms with E-state index in [0.717, 1.165) is 39.4 Å². The molecule has 32 heavy (non-hydrogen) atoms. The Hall–Kier alpha value is -3.23. The van der Waals surface area contributed by atoms with Crippen LogP contribution in [0.1, 0.15) is 12.8 Å². The van der Waals surface area contributed by atoms with Crippen molar-refractivity contribution in [2.24, 2.45) is 0 Å². The topological polar surface area (TPSA) is 72.1 Å². The van der Waals surface area contributed by atoms with E-state index in [2.05, 4.69) is 9.88 Å². The summed E-state index contributed by atoms with van der Waals surface area (Å²) in [5.41, 5.74) is 3.85. The van der Waals surface area contributed by atoms with Gasteiger partial charge in [-0.05, 0) is 37.1 Å². The molecule has 0 atom stereocenters. The van der Waals surface area contributed by atoms with Crippen molar-refractivity contribution >= 4 is 22.2 Å². The molecule has 4 aromatic rings. The Kier molecular flexibility index (Phi) is 5.63. The van der Waals surface area contributed by atoms with Crippen molar-refractivity contribution in [2.75, 3.05) is 38.3 Å². The largest absolute Gasteiger partial charge is 0.491 e. The molecule has 8 heteroatoms. The lowest BCUT2D eigenvalue weighted by molar-refractivity contribution is 0.145. The van der Waals surface area contributed by atoms with Gasteiger partial charge in [0, 0.05) is 37.8 Å². The molecule has 0 saturated carbocycles. The molecule has 1 aromatic carbocycles. The first kappa shape index (κ1) is 20.7. The number of rotatable bonds is 6. The predicted octanol–water partition coefficient (Wildman–Crippen LogP) is 3.67. The zero-order chi connectivity index (χ0) is 22.1. The molecule has 1 N–H and O–H groups in total. The van der Waals surface area contributed by atoms with Crippen LogP contribution in [0, 0.1) is 5.82 Å². The highest BCUT2D eigenvalue weighted by Crippen LogP contribution is 2.32. The SMILES string of the molecule is COCCOc1ccn2c(-c3ccc4cc(F)cc(N5CCC(O)CC5)c4n3)cnc2c1. The quantitative estimate of drug-likeness (QED) is 0.465. The molecule has 166 valence electrons. The van der Waals surface area contributed by atoms with E-state index in [0.29, 0.717) is 39.1 Å². The van der Waals surface area contributed by atoms with Crippen LogP contribution in [0.4, 0.5) is 10.1 Å². The van der Waals surface area contributed by atoms with Crippen molar-refractivity contribution in [2.45, 2.75) is 18.9 Å². The zero-order valence-electron chi connectivity index (χ0n) is 17.9. The van der Waals surface area contributed by atoms with Crippen molar-refractivity contribution in [3.05, 3.63) is 54.6 Å². The van der Waals surface area contributed by atoms with Crippen LogP contribution in [0.15, 0.2) is 48.8 Å². The van der Waals surface area contributed by atoms with Gasteiger partial charge in [0.1, 0.15) is 23.8 Å². The highest BCUT2D eigenvalue weighted by molar-refractivity contribution is 5.92. The van der Waals surface area contributed by atoms with Gasteiger partial charge in [-0.15, -0.1) is 0 Å². The minimum Gasteiger partial charge on any atom is -0.491 e. The first-order valence-electron chi connectivity index (χ1n) is 10.7. The number of methoxy groups -OCH3 is 1. The molecule has 7 nitrogen and oxygen atoms in total. The van der Waals surface area contributed by atoms with Crippen LogP contribution in [0.25, 0.3) is 27.9 Å². The number of benzene rings is 1. The van der Waals surface area contributed by atoms with Crippen LogP contribution in [-0.4, -0.2) is 59.0 Å². The average Bonchev–Trinajstić information content (AvgIpc) is 3.22. The lowest BCUT2D eigenvalue weighted by atomic mass is 10.1. The Morgan fingerprint density at radius 1 is 1.12 bits per heavy atom. The number of fused-ring (bicyclic) bond motifs is 2. The van der Waals surface area contributed by atoms with E-state index in [1.54, 1.807) is 13.3 Å². The molecule has 0 amide bonds. The third-order valence-corrected chi connectivity index (χ3v) is 5.85. The molecular formula is C24H25FN4O3. The minimum atomic E-state index is -0.295. The fourth-order valence-electron chi connectivity index (χ4n) is 4.16. The van der Waals surface area contributed by atoms with E-state index in [1.807, 2.05) is 34.9 Å². The number of hydrogen-bond donors (Lipinski definition) is 1. The van der Waals surface area contributed by atoms with E-state index < -0.39 is 0 Å². The lowest BCUT2D eigenvalue weighted by Crippen LogP contribution is -2.36. The van der Waals surface area contributed by atoms with Gasteiger partial charge in [-0.1, -0.05) is 6.07 Å². The number of ether oxygens (including phenoxy) is 2. The third-order valence-electron chi connectivity index (χ3n) is 5.85. The number of imidazole rings is 1. The van der Waals surface area contributed by atoms with E-state index in [1.165, 1.54) is 12.1 Å². The maximum atomic E-state index is 14.3. The number of pyridine rings is 2. The number of hydrogen-bond acceptors (Lipinski definition) is 6. The summed E-state index contributed by atoms with van der Waals surface area (Å²) in [4.78, 5) is 11.5. The number of aliphatic hydroxyl groups is 1. The van der Waals surface area contributed by atoms with Crippen molar-refractivity contribution in [1.29, 1.82) is 0 Å². The summed E-state index contributed by atoms with van der Waals surface area (Å²) in [6.07, 6.45) is 4.72. The smallest absolute Gasteiger partial charge is 0.140 e. The van der Waals surface area contributed by atoms with Crippen molar-refractivity contribution < 1.29 is 19.0 Å². The minimum absolute atomic E-state index is 0.288. The third kappa shape index (κ3) is 3.99. The van der Waals surface area contributed by atoms with Crippen LogP contribution in [-0.2, 0) is 4.74 Å². The van der Waals surface area contributed by atoms with Gasteiger partial charge in [0.15, 0.2) is 0 Å². The average molecular weight is 436 g/mol. The van der Waals surface area contributed by atoms with E-state index in [4.69, 9.17) is 14.5 Å². The number of nitrogens with zero attached hydrogens (tertiary/aromatic N) is 4. The van der Waals surface area contributed by atoms with Crippen molar-refractivity contribution in [3.63, 3.8) is 0 Å². The fraction of sp³-hybridized carbons (Fsp3) is 0.333. The van der Waals surface area contributed by atoms with Gasteiger partial charge >= 0.3 is 0 Å². The molecule has 5 rings (SSSR count). The van der Waals surface area contributed by atoms with Crippen molar-refractivity contribution in [3.8, 4) is 17.1 Å². The highest BCUT2D eigenvalue weighted by Gasteiger charge is 2.21. The Labute approximate surface area is 185 Å². The van der Waals surface area contributed by atoms with Gasteiger partial charge in [-0.25, -0.2) is 14.4 Å². The highest BCUT2D eigenvalue weighted by atomic mass is 19.1. The molecule has 0 aliphatic carbocycles. The lowest BCUT2D eigenvalue weighted by Gasteiger charge is -2.32. The maximum Gasteiger partial charge on any atom is 0.140 e. The van der Waals surface area contributed by atoms with E-state index in [9.17, 15) is 9.50 Å². The maximum absolute atomic E-state index is 14.3. The molecule has 0 unspecified atom stereocenters. The standard InChI is InChI=1S/C24H25FN4O3/c1-31-10-11-32-19-6-9-29-22(15-26-23(29)14-19)20-3-2-16-12-17(25)13-21(24(16)27-20)28-7-4-18(30)5-8-28/h2-3,6,9,12-15,18,30H,4-5,7-8,10-11H2,1H3. The molecule has 1 saturated heterocycles. The molecule has 0 bridgehead atoms. The second-order valence-corrected chi connectivity index (χ2v) is 7.99. The van der Waals surface area contributed by atoms with Crippen molar-refractivity contribution in [1.82, 2.24) is 14.4 Å². The molecule has 0 spiro atoms. The Bertz CT molecular complexity index is 1250. The van der Waals surface area contributed by atoms with Gasteiger partial charge < -0.3 is 19.5 Å². The Morgan fingerprint density at radius 3 is 2.78 bits per heavy atom. The van der Waals surface area contributed by atoms with Gasteiger partial charge in [0.25, 0.3) is 0 Å². The predicted molar refractivity (Wildman–Crippen MR) is 121 cm³/mol. The molecule has 3 aromatic heterocycles. The number of aromatic nitrogens is 3. The molecular weight excluding hydrogens is 411 g/mol. The first-order chi connectivity index (χ1) is 15.6. The fourth-order valence-corrected chi connectivity index (χ4v) is 4.16. The summed E-state index contributed by atoms with van der Waals surface area (Å²) in [7, 11) is 1.64. The van der Waals surface area contributed by atoms with Gasteiger partial charge in [-0.3, -0.25) is 4.40 Å². The molecule has 1 aliphatic rings. The van der Waals surface area contributed by atoms with E-state index >= 15 is 0 Å². The summed E-state index contributed by atoms with van der Waals surface area (Å²) in [5, 5.41) is 10.6. The molecule has 4 heterocycles. The van der Waals surface area contributed by atoms with Gasteiger partial charge in [-0.2, -0.15) is 0 Å². The van der Waals surface area contributed by atoms with Crippen LogP contribution >= 0.6 is 0 Å². The second-order valence-electron chi connectivity index (χ2n) is 7.99. The molecule has 1 fully saturated rings. The number of aliphatic hydroxyl groups excluding tert-OH is 1. The molecule has 1 aliphatic heterocycles.